The van der Waals surface area contributed by atoms with Crippen LogP contribution in [-0.4, -0.2) is 15.8 Å². The molecule has 15 aromatic rings. The van der Waals surface area contributed by atoms with Gasteiger partial charge in [0.2, 0.25) is 0 Å². The maximum Gasteiger partial charge on any atom is 0.252 e. The minimum absolute atomic E-state index is 0.183. The molecular weight excluding hydrogens is 980 g/mol. The molecule has 0 fully saturated rings. The Bertz CT molecular complexity index is 4970. The summed E-state index contributed by atoms with van der Waals surface area (Å²) in [5, 5.41) is 15.3. The standard InChI is InChI=1S/C76H51BN4/c1-75(2)52-29-13-17-33-58(52)78(59-34-18-14-30-53(59)75)64-43-65(79-60-35-19-15-31-54(60)76(3,4)55-32-16-20-36-61(55)79)74-70-73(64)80-62-39-37-44-21-5-9-25-48(44)66(62)68-50-27-11-7-23-46(50)41-56(71(68)80)77(70)57-42-47-24-8-12-28-51(47)69-67-49-26-10-6-22-45(49)38-40-63(67)81(74)72(57)69/h5-43H,1-4H3. The van der Waals surface area contributed by atoms with Gasteiger partial charge in [-0.2, -0.15) is 0 Å². The normalized spacial score (nSPS) is 15.0. The van der Waals surface area contributed by atoms with Gasteiger partial charge in [-0.25, -0.2) is 0 Å². The second-order valence-corrected chi connectivity index (χ2v) is 24.3. The molecule has 0 saturated carbocycles. The summed E-state index contributed by atoms with van der Waals surface area (Å²) in [6.45, 7) is 9.45. The molecule has 6 heterocycles. The van der Waals surface area contributed by atoms with Gasteiger partial charge in [0.05, 0.1) is 67.6 Å². The van der Waals surface area contributed by atoms with Gasteiger partial charge in [0.25, 0.3) is 6.71 Å². The van der Waals surface area contributed by atoms with Crippen molar-refractivity contribution >= 4 is 144 Å². The average molecular weight is 1030 g/mol. The molecule has 0 unspecified atom stereocenters. The van der Waals surface area contributed by atoms with E-state index in [-0.39, 0.29) is 17.5 Å². The van der Waals surface area contributed by atoms with E-state index < -0.39 is 0 Å². The van der Waals surface area contributed by atoms with Crippen molar-refractivity contribution in [3.05, 3.63) is 259 Å². The highest BCUT2D eigenvalue weighted by Gasteiger charge is 2.48. The zero-order chi connectivity index (χ0) is 53.4. The third-order valence-corrected chi connectivity index (χ3v) is 19.7. The first-order valence-corrected chi connectivity index (χ1v) is 28.7. The second-order valence-electron chi connectivity index (χ2n) is 24.3. The number of benzene rings is 13. The largest absolute Gasteiger partial charge is 0.308 e. The first-order valence-electron chi connectivity index (χ1n) is 28.7. The van der Waals surface area contributed by atoms with Crippen LogP contribution >= 0.6 is 0 Å². The van der Waals surface area contributed by atoms with Crippen molar-refractivity contribution in [1.82, 2.24) is 9.13 Å². The van der Waals surface area contributed by atoms with E-state index in [0.717, 1.165) is 11.4 Å². The van der Waals surface area contributed by atoms with Crippen molar-refractivity contribution in [1.29, 1.82) is 0 Å². The van der Waals surface area contributed by atoms with E-state index in [9.17, 15) is 0 Å². The minimum atomic E-state index is -0.271. The zero-order valence-electron chi connectivity index (χ0n) is 45.4. The summed E-state index contributed by atoms with van der Waals surface area (Å²) >= 11 is 0. The van der Waals surface area contributed by atoms with Crippen LogP contribution in [0.2, 0.25) is 0 Å². The van der Waals surface area contributed by atoms with E-state index in [0.29, 0.717) is 0 Å². The lowest BCUT2D eigenvalue weighted by Crippen LogP contribution is -2.60. The van der Waals surface area contributed by atoms with Gasteiger partial charge >= 0.3 is 0 Å². The number of hydrogen-bond acceptors (Lipinski definition) is 2. The Balaban J connectivity index is 1.12. The Hall–Kier alpha value is -9.84. The number of anilines is 6. The maximum atomic E-state index is 2.74. The molecule has 0 atom stereocenters. The Labute approximate surface area is 469 Å². The van der Waals surface area contributed by atoms with Gasteiger partial charge in [-0.1, -0.05) is 222 Å². The Morgan fingerprint density at radius 2 is 0.617 bits per heavy atom. The summed E-state index contributed by atoms with van der Waals surface area (Å²) in [5.41, 5.74) is 23.2. The lowest BCUT2D eigenvalue weighted by atomic mass is 9.34. The van der Waals surface area contributed by atoms with Crippen molar-refractivity contribution in [2.45, 2.75) is 38.5 Å². The molecule has 2 aromatic heterocycles. The molecule has 0 bridgehead atoms. The van der Waals surface area contributed by atoms with Crippen LogP contribution in [0, 0.1) is 0 Å². The highest BCUT2D eigenvalue weighted by molar-refractivity contribution is 7.01. The Morgan fingerprint density at radius 3 is 1.00 bits per heavy atom. The van der Waals surface area contributed by atoms with Gasteiger partial charge in [0.1, 0.15) is 0 Å². The topological polar surface area (TPSA) is 16.3 Å². The van der Waals surface area contributed by atoms with Crippen LogP contribution in [0.4, 0.5) is 34.1 Å². The molecular formula is C76H51BN4. The smallest absolute Gasteiger partial charge is 0.252 e. The highest BCUT2D eigenvalue weighted by atomic mass is 15.2. The number of nitrogens with zero attached hydrogens (tertiary/aromatic N) is 4. The number of hydrogen-bond donors (Lipinski definition) is 0. The number of para-hydroxylation sites is 4. The van der Waals surface area contributed by atoms with Crippen molar-refractivity contribution in [3.8, 4) is 11.4 Å². The molecule has 81 heavy (non-hydrogen) atoms. The number of rotatable bonds is 2. The quantitative estimate of drug-likeness (QED) is 0.160. The fourth-order valence-corrected chi connectivity index (χ4v) is 16.3. The number of fused-ring (bicyclic) bond motifs is 22. The van der Waals surface area contributed by atoms with Gasteiger partial charge in [-0.05, 0) is 124 Å². The van der Waals surface area contributed by atoms with Crippen molar-refractivity contribution < 1.29 is 0 Å². The molecule has 0 saturated heterocycles. The van der Waals surface area contributed by atoms with E-state index in [1.54, 1.807) is 0 Å². The van der Waals surface area contributed by atoms with Gasteiger partial charge in [-0.15, -0.1) is 0 Å². The van der Waals surface area contributed by atoms with Crippen molar-refractivity contribution in [2.75, 3.05) is 9.80 Å². The summed E-state index contributed by atoms with van der Waals surface area (Å²) in [6, 6.07) is 90.8. The first kappa shape index (κ1) is 44.1. The monoisotopic (exact) mass is 1030 g/mol. The second kappa shape index (κ2) is 15.1. The van der Waals surface area contributed by atoms with E-state index in [1.165, 1.54) is 159 Å². The molecule has 13 aromatic carbocycles. The third kappa shape index (κ3) is 5.29. The Morgan fingerprint density at radius 1 is 0.296 bits per heavy atom. The molecule has 4 aliphatic rings. The fraction of sp³-hybridized carbons (Fsp3) is 0.0789. The van der Waals surface area contributed by atoms with Crippen LogP contribution < -0.4 is 26.2 Å². The molecule has 0 aliphatic carbocycles. The summed E-state index contributed by atoms with van der Waals surface area (Å²) < 4.78 is 5.48. The maximum absolute atomic E-state index is 2.74. The lowest BCUT2D eigenvalue weighted by molar-refractivity contribution is 0.631. The van der Waals surface area contributed by atoms with Gasteiger partial charge < -0.3 is 18.9 Å². The van der Waals surface area contributed by atoms with E-state index >= 15 is 0 Å². The molecule has 0 N–H and O–H groups in total. The third-order valence-electron chi connectivity index (χ3n) is 19.7. The summed E-state index contributed by atoms with van der Waals surface area (Å²) in [6.07, 6.45) is 0. The summed E-state index contributed by atoms with van der Waals surface area (Å²) in [5.74, 6) is 0. The summed E-state index contributed by atoms with van der Waals surface area (Å²) in [7, 11) is 0. The Kier molecular flexibility index (Phi) is 8.21. The van der Waals surface area contributed by atoms with Crippen LogP contribution in [-0.2, 0) is 10.8 Å². The molecule has 19 rings (SSSR count). The predicted octanol–water partition coefficient (Wildman–Crippen LogP) is 17.9. The van der Waals surface area contributed by atoms with E-state index in [4.69, 9.17) is 0 Å². The molecule has 5 heteroatoms. The lowest BCUT2D eigenvalue weighted by Gasteiger charge is -2.46. The molecule has 0 amide bonds. The van der Waals surface area contributed by atoms with E-state index in [1.807, 2.05) is 0 Å². The van der Waals surface area contributed by atoms with Gasteiger partial charge in [-0.3, -0.25) is 0 Å². The highest BCUT2D eigenvalue weighted by Crippen LogP contribution is 2.59. The van der Waals surface area contributed by atoms with Crippen LogP contribution in [0.25, 0.3) is 98.1 Å². The molecule has 378 valence electrons. The van der Waals surface area contributed by atoms with Crippen molar-refractivity contribution in [2.24, 2.45) is 0 Å². The average Bonchev–Trinajstić information content (AvgIpc) is 2.57. The van der Waals surface area contributed by atoms with Crippen LogP contribution in [0.5, 0.6) is 0 Å². The van der Waals surface area contributed by atoms with Crippen LogP contribution in [0.1, 0.15) is 49.9 Å². The van der Waals surface area contributed by atoms with Crippen LogP contribution in [0.3, 0.4) is 0 Å². The first-order chi connectivity index (χ1) is 39.8. The van der Waals surface area contributed by atoms with Crippen LogP contribution in [0.15, 0.2) is 237 Å². The SMILES string of the molecule is CC1(C)c2ccccc2N(c2cc(N3c4ccccc4C(C)(C)c4ccccc43)c3c4c2-n2c5ccc6ccccc6c5c5c6ccccc6cc(c52)B4c2cc4ccccc4c4c5c6ccccc6ccc5n-3c24)c2ccccc21. The molecule has 4 nitrogen and oxygen atoms in total. The summed E-state index contributed by atoms with van der Waals surface area (Å²) in [4.78, 5) is 5.32. The molecule has 0 radical (unpaired) electrons. The fourth-order valence-electron chi connectivity index (χ4n) is 16.3. The number of aromatic nitrogens is 2. The van der Waals surface area contributed by atoms with Gasteiger partial charge in [0, 0.05) is 32.4 Å². The molecule has 0 spiro atoms. The predicted molar refractivity (Wildman–Crippen MR) is 343 cm³/mol. The van der Waals surface area contributed by atoms with Crippen molar-refractivity contribution in [3.63, 3.8) is 0 Å². The van der Waals surface area contributed by atoms with E-state index in [2.05, 4.69) is 283 Å². The minimum Gasteiger partial charge on any atom is -0.308 e. The zero-order valence-corrected chi connectivity index (χ0v) is 45.4. The molecule has 4 aliphatic heterocycles. The van der Waals surface area contributed by atoms with Gasteiger partial charge in [0.15, 0.2) is 0 Å².